The molecule has 4 rings (SSSR count). The molecule has 1 aromatic rings. The molecule has 3 atom stereocenters. The topological polar surface area (TPSA) is 107 Å². The van der Waals surface area contributed by atoms with Crippen LogP contribution in [0.2, 0.25) is 0 Å². The Morgan fingerprint density at radius 1 is 1.16 bits per heavy atom. The summed E-state index contributed by atoms with van der Waals surface area (Å²) in [6.45, 7) is 12.3. The first kappa shape index (κ1) is 25.2. The Hall–Kier alpha value is -1.46. The number of ether oxygens (including phenoxy) is 1. The number of phenolic OH excluding ortho intramolecular Hbond substituents is 1. The third-order valence-electron chi connectivity index (χ3n) is 6.61. The minimum atomic E-state index is -1.85. The summed E-state index contributed by atoms with van der Waals surface area (Å²) in [5.41, 5.74) is -0.558. The van der Waals surface area contributed by atoms with Gasteiger partial charge in [-0.2, -0.15) is 0 Å². The number of aliphatic hydroxyl groups excluding tert-OH is 1. The van der Waals surface area contributed by atoms with Crippen molar-refractivity contribution in [2.24, 2.45) is 5.41 Å². The van der Waals surface area contributed by atoms with E-state index >= 15 is 0 Å². The average Bonchev–Trinajstić information content (AvgIpc) is 2.62. The second kappa shape index (κ2) is 8.39. The molecule has 0 amide bonds. The van der Waals surface area contributed by atoms with E-state index < -0.39 is 30.7 Å². The molecule has 3 unspecified atom stereocenters. The summed E-state index contributed by atoms with van der Waals surface area (Å²) in [7, 11) is -1.24. The molecule has 6 nitrogen and oxygen atoms in total. The van der Waals surface area contributed by atoms with Gasteiger partial charge in [0, 0.05) is 29.0 Å². The molecule has 3 aliphatic rings. The fourth-order valence-electron chi connectivity index (χ4n) is 4.80. The fourth-order valence-corrected chi connectivity index (χ4v) is 7.80. The lowest BCUT2D eigenvalue weighted by molar-refractivity contribution is -0.161. The van der Waals surface area contributed by atoms with Gasteiger partial charge >= 0.3 is 5.97 Å². The van der Waals surface area contributed by atoms with E-state index in [4.69, 9.17) is 4.74 Å². The lowest BCUT2D eigenvalue weighted by Gasteiger charge is -2.54. The van der Waals surface area contributed by atoms with Crippen LogP contribution in [0, 0.1) is 5.41 Å². The molecule has 0 aliphatic carbocycles. The van der Waals surface area contributed by atoms with Gasteiger partial charge in [0.15, 0.2) is 5.53 Å². The number of esters is 1. The van der Waals surface area contributed by atoms with Crippen LogP contribution in [0.5, 0.6) is 5.75 Å². The SMILES string of the molecule is CC(C)(C)c1cc(/C=C/C(=O)OCC23CCP(C(O)C2)C(O)(O)C3)cc(C(C)(C)C)c1O. The Labute approximate surface area is 192 Å². The molecule has 3 aliphatic heterocycles. The third-order valence-corrected chi connectivity index (χ3v) is 9.30. The Balaban J connectivity index is 1.76. The lowest BCUT2D eigenvalue weighted by atomic mass is 9.78. The smallest absolute Gasteiger partial charge is 0.330 e. The summed E-state index contributed by atoms with van der Waals surface area (Å²) in [6, 6.07) is 3.78. The van der Waals surface area contributed by atoms with Gasteiger partial charge in [-0.05, 0) is 61.5 Å². The zero-order valence-corrected chi connectivity index (χ0v) is 20.9. The van der Waals surface area contributed by atoms with E-state index in [9.17, 15) is 25.2 Å². The maximum atomic E-state index is 12.5. The molecule has 0 aromatic heterocycles. The van der Waals surface area contributed by atoms with Crippen molar-refractivity contribution in [1.29, 1.82) is 0 Å². The molecule has 3 heterocycles. The number of aliphatic hydroxyl groups is 3. The van der Waals surface area contributed by atoms with E-state index in [-0.39, 0.29) is 29.6 Å². The van der Waals surface area contributed by atoms with Crippen molar-refractivity contribution in [3.05, 3.63) is 34.9 Å². The molecule has 3 fully saturated rings. The van der Waals surface area contributed by atoms with E-state index in [0.717, 1.165) is 23.1 Å². The van der Waals surface area contributed by atoms with Gasteiger partial charge in [-0.25, -0.2) is 4.79 Å². The van der Waals surface area contributed by atoms with Crippen LogP contribution in [0.4, 0.5) is 0 Å². The number of rotatable bonds is 4. The molecule has 4 N–H and O–H groups in total. The summed E-state index contributed by atoms with van der Waals surface area (Å²) in [5.74, 6) is -0.967. The summed E-state index contributed by atoms with van der Waals surface area (Å²) in [5, 5.41) is 41.6. The Kier molecular flexibility index (Phi) is 6.60. The molecule has 7 heteroatoms. The Bertz CT molecular complexity index is 873. The van der Waals surface area contributed by atoms with Crippen LogP contribution < -0.4 is 0 Å². The van der Waals surface area contributed by atoms with Gasteiger partial charge in [-0.1, -0.05) is 41.5 Å². The molecule has 178 valence electrons. The molecule has 1 aromatic carbocycles. The second-order valence-corrected chi connectivity index (χ2v) is 14.2. The van der Waals surface area contributed by atoms with Gasteiger partial charge in [-0.15, -0.1) is 0 Å². The number of phenols is 1. The number of hydrogen-bond donors (Lipinski definition) is 4. The van der Waals surface area contributed by atoms with Crippen molar-refractivity contribution in [1.82, 2.24) is 0 Å². The lowest BCUT2D eigenvalue weighted by Crippen LogP contribution is -2.52. The number of carbonyl (C=O) groups is 1. The van der Waals surface area contributed by atoms with Crippen LogP contribution in [0.3, 0.4) is 0 Å². The summed E-state index contributed by atoms with van der Waals surface area (Å²) in [4.78, 5) is 12.5. The minimum Gasteiger partial charge on any atom is -0.507 e. The maximum absolute atomic E-state index is 12.5. The van der Waals surface area contributed by atoms with Crippen LogP contribution in [-0.4, -0.2) is 50.5 Å². The largest absolute Gasteiger partial charge is 0.507 e. The van der Waals surface area contributed by atoms with E-state index in [1.165, 1.54) is 6.08 Å². The molecular formula is C25H37O6P. The zero-order chi connectivity index (χ0) is 24.1. The highest BCUT2D eigenvalue weighted by atomic mass is 31.1. The molecule has 0 spiro atoms. The number of fused-ring (bicyclic) bond motifs is 3. The standard InChI is InChI=1S/C25H37O6P/c1-22(2,3)17-11-16(12-18(21(17)28)23(4,5)6)7-8-19(26)31-15-24-9-10-32(20(27)13-24)25(29,30)14-24/h7-8,11-12,20,27-30H,9-10,13-15H2,1-6H3/b8-7+. The normalized spacial score (nSPS) is 27.7. The fraction of sp³-hybridized carbons (Fsp3) is 0.640. The molecule has 0 radical (unpaired) electrons. The van der Waals surface area contributed by atoms with Crippen molar-refractivity contribution in [3.8, 4) is 5.75 Å². The molecule has 0 saturated carbocycles. The summed E-state index contributed by atoms with van der Waals surface area (Å²) >= 11 is 0. The van der Waals surface area contributed by atoms with Gasteiger partial charge in [-0.3, -0.25) is 0 Å². The zero-order valence-electron chi connectivity index (χ0n) is 20.0. The van der Waals surface area contributed by atoms with E-state index in [1.807, 2.05) is 53.7 Å². The van der Waals surface area contributed by atoms with Gasteiger partial charge in [0.2, 0.25) is 0 Å². The first-order valence-corrected chi connectivity index (χ1v) is 12.8. The number of carbonyl (C=O) groups excluding carboxylic acids is 1. The maximum Gasteiger partial charge on any atom is 0.330 e. The van der Waals surface area contributed by atoms with Crippen molar-refractivity contribution >= 4 is 20.0 Å². The first-order chi connectivity index (χ1) is 14.5. The van der Waals surface area contributed by atoms with Crippen LogP contribution in [-0.2, 0) is 20.4 Å². The first-order valence-electron chi connectivity index (χ1n) is 11.2. The van der Waals surface area contributed by atoms with Crippen LogP contribution in [0.25, 0.3) is 6.08 Å². The summed E-state index contributed by atoms with van der Waals surface area (Å²) < 4.78 is 5.48. The molecule has 2 bridgehead atoms. The number of hydrogen-bond acceptors (Lipinski definition) is 6. The van der Waals surface area contributed by atoms with Gasteiger partial charge < -0.3 is 25.2 Å². The molecule has 32 heavy (non-hydrogen) atoms. The second-order valence-electron chi connectivity index (χ2n) is 11.5. The minimum absolute atomic E-state index is 0.0509. The number of aromatic hydroxyl groups is 1. The highest BCUT2D eigenvalue weighted by Gasteiger charge is 2.57. The molecular weight excluding hydrogens is 427 g/mol. The quantitative estimate of drug-likeness (QED) is 0.231. The van der Waals surface area contributed by atoms with Crippen LogP contribution in [0.15, 0.2) is 18.2 Å². The van der Waals surface area contributed by atoms with Gasteiger partial charge in [0.05, 0.1) is 12.5 Å². The monoisotopic (exact) mass is 464 g/mol. The highest BCUT2D eigenvalue weighted by Crippen LogP contribution is 2.68. The predicted molar refractivity (Wildman–Crippen MR) is 127 cm³/mol. The van der Waals surface area contributed by atoms with Gasteiger partial charge in [0.25, 0.3) is 0 Å². The number of benzene rings is 1. The predicted octanol–water partition coefficient (Wildman–Crippen LogP) is 4.17. The van der Waals surface area contributed by atoms with E-state index in [2.05, 4.69) is 0 Å². The van der Waals surface area contributed by atoms with Crippen molar-refractivity contribution in [2.75, 3.05) is 12.8 Å². The van der Waals surface area contributed by atoms with Crippen LogP contribution in [0.1, 0.15) is 77.5 Å². The van der Waals surface area contributed by atoms with Crippen molar-refractivity contribution in [3.63, 3.8) is 0 Å². The van der Waals surface area contributed by atoms with Crippen LogP contribution >= 0.6 is 7.92 Å². The van der Waals surface area contributed by atoms with Crippen molar-refractivity contribution in [2.45, 2.75) is 83.0 Å². The average molecular weight is 465 g/mol. The van der Waals surface area contributed by atoms with E-state index in [1.54, 1.807) is 6.08 Å². The highest BCUT2D eigenvalue weighted by molar-refractivity contribution is 7.59. The third kappa shape index (κ3) is 5.20. The Morgan fingerprint density at radius 2 is 1.72 bits per heavy atom. The van der Waals surface area contributed by atoms with Crippen molar-refractivity contribution < 1.29 is 30.0 Å². The van der Waals surface area contributed by atoms with Gasteiger partial charge in [0.1, 0.15) is 5.75 Å². The Morgan fingerprint density at radius 3 is 2.19 bits per heavy atom. The summed E-state index contributed by atoms with van der Waals surface area (Å²) in [6.07, 6.45) is 4.89. The van der Waals surface area contributed by atoms with E-state index in [0.29, 0.717) is 12.6 Å². The molecule has 3 saturated heterocycles.